The van der Waals surface area contributed by atoms with Gasteiger partial charge in [-0.2, -0.15) is 13.2 Å². The van der Waals surface area contributed by atoms with Crippen LogP contribution in [0.1, 0.15) is 38.9 Å². The average Bonchev–Trinajstić information content (AvgIpc) is 3.20. The average molecular weight is 466 g/mol. The molecule has 11 heteroatoms. The van der Waals surface area contributed by atoms with E-state index in [2.05, 4.69) is 32.2 Å². The number of rotatable bonds is 8. The molecule has 2 amide bonds. The second kappa shape index (κ2) is 10.7. The number of halogens is 3. The van der Waals surface area contributed by atoms with Gasteiger partial charge in [-0.05, 0) is 31.4 Å². The molecule has 0 saturated carbocycles. The van der Waals surface area contributed by atoms with Crippen molar-refractivity contribution in [1.82, 2.24) is 30.2 Å². The van der Waals surface area contributed by atoms with E-state index in [1.54, 1.807) is 12.3 Å². The van der Waals surface area contributed by atoms with Crippen molar-refractivity contribution in [3.05, 3.63) is 30.9 Å². The highest BCUT2D eigenvalue weighted by Gasteiger charge is 2.37. The predicted molar refractivity (Wildman–Crippen MR) is 121 cm³/mol. The quantitative estimate of drug-likeness (QED) is 0.618. The highest BCUT2D eigenvalue weighted by Crippen LogP contribution is 2.30. The van der Waals surface area contributed by atoms with E-state index in [9.17, 15) is 18.0 Å². The summed E-state index contributed by atoms with van der Waals surface area (Å²) >= 11 is 0. The van der Waals surface area contributed by atoms with Gasteiger partial charge in [-0.15, -0.1) is 0 Å². The summed E-state index contributed by atoms with van der Waals surface area (Å²) in [6.07, 6.45) is 2.74. The number of piperidine rings is 1. The molecule has 33 heavy (non-hydrogen) atoms. The van der Waals surface area contributed by atoms with Gasteiger partial charge in [-0.3, -0.25) is 0 Å². The molecule has 2 unspecified atom stereocenters. The lowest BCUT2D eigenvalue weighted by Crippen LogP contribution is -2.50. The number of urea groups is 1. The van der Waals surface area contributed by atoms with Crippen LogP contribution in [0.15, 0.2) is 25.0 Å². The van der Waals surface area contributed by atoms with Gasteiger partial charge in [0.1, 0.15) is 17.3 Å². The van der Waals surface area contributed by atoms with Crippen molar-refractivity contribution in [2.24, 2.45) is 5.92 Å². The normalized spacial score (nSPS) is 17.5. The third kappa shape index (κ3) is 6.23. The largest absolute Gasteiger partial charge is 0.393 e. The number of hydrogen-bond donors (Lipinski definition) is 2. The minimum atomic E-state index is -4.33. The predicted octanol–water partition coefficient (Wildman–Crippen LogP) is 3.86. The van der Waals surface area contributed by atoms with Crippen molar-refractivity contribution in [2.75, 3.05) is 24.5 Å². The van der Waals surface area contributed by atoms with Gasteiger partial charge in [-0.25, -0.2) is 19.7 Å². The number of nitrogens with zero attached hydrogens (tertiary/aromatic N) is 5. The lowest BCUT2D eigenvalue weighted by atomic mass is 10.1. The molecule has 1 saturated heterocycles. The van der Waals surface area contributed by atoms with Gasteiger partial charge in [0.05, 0.1) is 12.1 Å². The molecule has 2 atom stereocenters. The Kier molecular flexibility index (Phi) is 7.93. The first-order chi connectivity index (χ1) is 15.7. The molecule has 2 N–H and O–H groups in total. The number of carbonyl (C=O) groups excluding carboxylic acids is 1. The molecule has 2 aromatic rings. The minimum Gasteiger partial charge on any atom is -0.354 e. The van der Waals surface area contributed by atoms with Gasteiger partial charge < -0.3 is 20.1 Å². The van der Waals surface area contributed by atoms with Gasteiger partial charge in [-0.1, -0.05) is 20.4 Å². The SMILES string of the molecule is C=Cc1ncc(-c2nccc(N3CCCC(NC(=O)NCCC)C3)n2)n1CC(C)C(F)(F)F. The molecule has 3 rings (SSSR count). The van der Waals surface area contributed by atoms with Crippen molar-refractivity contribution in [3.63, 3.8) is 0 Å². The number of carbonyl (C=O) groups is 1. The highest BCUT2D eigenvalue weighted by molar-refractivity contribution is 5.74. The zero-order valence-corrected chi connectivity index (χ0v) is 18.9. The summed E-state index contributed by atoms with van der Waals surface area (Å²) in [4.78, 5) is 27.2. The maximum atomic E-state index is 13.2. The number of amides is 2. The van der Waals surface area contributed by atoms with Crippen LogP contribution >= 0.6 is 0 Å². The Balaban J connectivity index is 1.79. The summed E-state index contributed by atoms with van der Waals surface area (Å²) in [5, 5.41) is 5.80. The summed E-state index contributed by atoms with van der Waals surface area (Å²) in [5.74, 6) is -0.300. The van der Waals surface area contributed by atoms with Crippen molar-refractivity contribution < 1.29 is 18.0 Å². The Morgan fingerprint density at radius 2 is 2.18 bits per heavy atom. The van der Waals surface area contributed by atoms with E-state index in [1.165, 1.54) is 16.8 Å². The summed E-state index contributed by atoms with van der Waals surface area (Å²) in [6.45, 7) is 8.42. The van der Waals surface area contributed by atoms with Crippen molar-refractivity contribution in [1.29, 1.82) is 0 Å². The second-order valence-electron chi connectivity index (χ2n) is 8.18. The number of imidazole rings is 1. The molecule has 0 aromatic carbocycles. The standard InChI is InChI=1S/C22H30F3N7O/c1-4-9-27-21(33)29-16-7-6-11-31(14-16)19-8-10-26-20(30-19)17-12-28-18(5-2)32(17)13-15(3)22(23,24)25/h5,8,10,12,15-16H,2,4,6-7,9,11,13-14H2,1,3H3,(H2,27,29,33). The zero-order valence-electron chi connectivity index (χ0n) is 18.9. The molecule has 0 spiro atoms. The van der Waals surface area contributed by atoms with E-state index >= 15 is 0 Å². The summed E-state index contributed by atoms with van der Waals surface area (Å²) in [6, 6.07) is 1.54. The Morgan fingerprint density at radius 1 is 1.39 bits per heavy atom. The molecular weight excluding hydrogens is 435 g/mol. The fourth-order valence-corrected chi connectivity index (χ4v) is 3.73. The Hall–Kier alpha value is -3.11. The van der Waals surface area contributed by atoms with Crippen LogP contribution in [0, 0.1) is 5.92 Å². The third-order valence-corrected chi connectivity index (χ3v) is 5.57. The summed E-state index contributed by atoms with van der Waals surface area (Å²) < 4.78 is 41.0. The van der Waals surface area contributed by atoms with E-state index in [0.717, 1.165) is 32.7 Å². The van der Waals surface area contributed by atoms with Crippen LogP contribution in [0.5, 0.6) is 0 Å². The van der Waals surface area contributed by atoms with E-state index in [-0.39, 0.29) is 18.6 Å². The van der Waals surface area contributed by atoms with E-state index < -0.39 is 12.1 Å². The fraction of sp³-hybridized carbons (Fsp3) is 0.545. The summed E-state index contributed by atoms with van der Waals surface area (Å²) in [5.41, 5.74) is 0.397. The van der Waals surface area contributed by atoms with Crippen LogP contribution in [0.3, 0.4) is 0 Å². The summed E-state index contributed by atoms with van der Waals surface area (Å²) in [7, 11) is 0. The lowest BCUT2D eigenvalue weighted by Gasteiger charge is -2.34. The Bertz CT molecular complexity index is 960. The molecule has 0 aliphatic carbocycles. The molecule has 180 valence electrons. The highest BCUT2D eigenvalue weighted by atomic mass is 19.4. The van der Waals surface area contributed by atoms with Crippen molar-refractivity contribution in [2.45, 2.75) is 51.9 Å². The van der Waals surface area contributed by atoms with E-state index in [1.807, 2.05) is 11.8 Å². The first kappa shape index (κ1) is 24.5. The smallest absolute Gasteiger partial charge is 0.354 e. The Labute approximate surface area is 191 Å². The zero-order chi connectivity index (χ0) is 24.0. The number of nitrogens with one attached hydrogen (secondary N) is 2. The molecule has 0 radical (unpaired) electrons. The van der Waals surface area contributed by atoms with Crippen LogP contribution < -0.4 is 15.5 Å². The fourth-order valence-electron chi connectivity index (χ4n) is 3.73. The third-order valence-electron chi connectivity index (χ3n) is 5.57. The number of alkyl halides is 3. The molecular formula is C22H30F3N7O. The molecule has 0 bridgehead atoms. The van der Waals surface area contributed by atoms with Crippen LogP contribution in [0.4, 0.5) is 23.8 Å². The van der Waals surface area contributed by atoms with Gasteiger partial charge in [0.15, 0.2) is 5.82 Å². The maximum absolute atomic E-state index is 13.2. The van der Waals surface area contributed by atoms with Crippen LogP contribution in [-0.4, -0.2) is 57.4 Å². The lowest BCUT2D eigenvalue weighted by molar-refractivity contribution is -0.172. The first-order valence-electron chi connectivity index (χ1n) is 11.1. The van der Waals surface area contributed by atoms with Crippen LogP contribution in [-0.2, 0) is 6.54 Å². The number of hydrogen-bond acceptors (Lipinski definition) is 5. The molecule has 2 aromatic heterocycles. The molecule has 1 fully saturated rings. The minimum absolute atomic E-state index is 0.0282. The molecule has 1 aliphatic rings. The van der Waals surface area contributed by atoms with Crippen molar-refractivity contribution in [3.8, 4) is 11.5 Å². The van der Waals surface area contributed by atoms with Gasteiger partial charge >= 0.3 is 12.2 Å². The number of aromatic nitrogens is 4. The number of anilines is 1. The second-order valence-corrected chi connectivity index (χ2v) is 8.18. The van der Waals surface area contributed by atoms with Crippen LogP contribution in [0.25, 0.3) is 17.6 Å². The molecule has 1 aliphatic heterocycles. The Morgan fingerprint density at radius 3 is 2.88 bits per heavy atom. The van der Waals surface area contributed by atoms with Gasteiger partial charge in [0.25, 0.3) is 0 Å². The van der Waals surface area contributed by atoms with Gasteiger partial charge in [0, 0.05) is 38.4 Å². The first-order valence-corrected chi connectivity index (χ1v) is 11.1. The van der Waals surface area contributed by atoms with Gasteiger partial charge in [0.2, 0.25) is 0 Å². The van der Waals surface area contributed by atoms with E-state index in [0.29, 0.717) is 36.3 Å². The van der Waals surface area contributed by atoms with E-state index in [4.69, 9.17) is 0 Å². The topological polar surface area (TPSA) is 88.0 Å². The maximum Gasteiger partial charge on any atom is 0.393 e. The molecule has 8 nitrogen and oxygen atoms in total. The monoisotopic (exact) mass is 465 g/mol. The molecule has 3 heterocycles. The van der Waals surface area contributed by atoms with Crippen LogP contribution in [0.2, 0.25) is 0 Å². The van der Waals surface area contributed by atoms with Crippen molar-refractivity contribution >= 4 is 17.9 Å².